The minimum Gasteiger partial charge on any atom is -0.393 e. The summed E-state index contributed by atoms with van der Waals surface area (Å²) in [6, 6.07) is 0. The van der Waals surface area contributed by atoms with E-state index in [9.17, 15) is 15.0 Å². The van der Waals surface area contributed by atoms with Crippen molar-refractivity contribution in [3.63, 3.8) is 0 Å². The first kappa shape index (κ1) is 22.8. The molecule has 4 fully saturated rings. The zero-order valence-electron chi connectivity index (χ0n) is 20.9. The van der Waals surface area contributed by atoms with E-state index in [-0.39, 0.29) is 23.0 Å². The molecule has 0 bridgehead atoms. The van der Waals surface area contributed by atoms with Gasteiger partial charge in [-0.2, -0.15) is 0 Å². The third-order valence-corrected chi connectivity index (χ3v) is 11.6. The molecule has 0 aromatic carbocycles. The van der Waals surface area contributed by atoms with Crippen LogP contribution in [0.5, 0.6) is 0 Å². The fourth-order valence-electron chi connectivity index (χ4n) is 9.56. The van der Waals surface area contributed by atoms with Crippen LogP contribution in [-0.2, 0) is 4.79 Å². The van der Waals surface area contributed by atoms with Gasteiger partial charge in [0.1, 0.15) is 0 Å². The van der Waals surface area contributed by atoms with E-state index in [1.165, 1.54) is 19.3 Å². The molecule has 2 N–H and O–H groups in total. The van der Waals surface area contributed by atoms with Gasteiger partial charge in [0.15, 0.2) is 5.78 Å². The fraction of sp³-hybridized carbons (Fsp3) is 0.828. The average molecular weight is 441 g/mol. The number of hydrogen-bond donors (Lipinski definition) is 2. The summed E-state index contributed by atoms with van der Waals surface area (Å²) in [5, 5.41) is 22.7. The smallest absolute Gasteiger partial charge is 0.166 e. The first-order valence-electron chi connectivity index (χ1n) is 13.3. The Morgan fingerprint density at radius 3 is 2.44 bits per heavy atom. The Balaban J connectivity index is 1.42. The van der Waals surface area contributed by atoms with Crippen molar-refractivity contribution in [2.24, 2.45) is 64.1 Å². The van der Waals surface area contributed by atoms with Crippen LogP contribution in [0.15, 0.2) is 23.8 Å². The summed E-state index contributed by atoms with van der Waals surface area (Å²) in [4.78, 5) is 13.1. The van der Waals surface area contributed by atoms with Gasteiger partial charge in [-0.05, 0) is 103 Å². The Hall–Kier alpha value is -0.930. The van der Waals surface area contributed by atoms with Crippen LogP contribution in [0.4, 0.5) is 0 Å². The van der Waals surface area contributed by atoms with Crippen LogP contribution < -0.4 is 0 Å². The summed E-state index contributed by atoms with van der Waals surface area (Å²) in [6.07, 6.45) is 9.62. The Morgan fingerprint density at radius 2 is 1.75 bits per heavy atom. The van der Waals surface area contributed by atoms with E-state index in [1.807, 2.05) is 13.0 Å². The SMILES string of the molecule is CC(C)[C@@H](C)[C@H]1C[C@@H]1[C@@H](C)[C@H]1CC[C@H]2[C@@H]3C[C@@H](O)C4=CC=CC(=O)[C@]4(C)[C@H]3[C@H](O)C[C@]12C. The van der Waals surface area contributed by atoms with Crippen LogP contribution in [0.25, 0.3) is 0 Å². The Labute approximate surface area is 194 Å². The molecule has 0 spiro atoms. The number of fused-ring (bicyclic) bond motifs is 5. The first-order valence-corrected chi connectivity index (χ1v) is 13.3. The molecule has 0 aromatic rings. The second kappa shape index (κ2) is 7.54. The summed E-state index contributed by atoms with van der Waals surface area (Å²) in [5.74, 6) is 5.27. The standard InChI is InChI=1S/C29H44O3/c1-15(2)16(3)18-12-19(18)17(4)21-10-11-22-20-13-24(30)23-8-7-9-26(32)29(23,6)27(20)25(31)14-28(21,22)5/h7-9,15-22,24-25,27,30-31H,10-14H2,1-6H3/t16-,17-,18-,19-,20+,21-,22+,24-,25-,27-,28-,29-/m1/s1. The van der Waals surface area contributed by atoms with E-state index < -0.39 is 17.6 Å². The lowest BCUT2D eigenvalue weighted by Crippen LogP contribution is -2.61. The van der Waals surface area contributed by atoms with Crippen molar-refractivity contribution in [1.82, 2.24) is 0 Å². The predicted octanol–water partition coefficient (Wildman–Crippen LogP) is 5.42. The van der Waals surface area contributed by atoms with Gasteiger partial charge in [-0.15, -0.1) is 0 Å². The average Bonchev–Trinajstić information content (AvgIpc) is 3.44. The molecule has 5 aliphatic carbocycles. The topological polar surface area (TPSA) is 57.5 Å². The van der Waals surface area contributed by atoms with Gasteiger partial charge in [0.2, 0.25) is 0 Å². The monoisotopic (exact) mass is 440 g/mol. The number of hydrogen-bond acceptors (Lipinski definition) is 3. The van der Waals surface area contributed by atoms with Crippen LogP contribution in [0.1, 0.15) is 73.6 Å². The van der Waals surface area contributed by atoms with Crippen LogP contribution in [0.2, 0.25) is 0 Å². The van der Waals surface area contributed by atoms with Gasteiger partial charge in [0.05, 0.1) is 17.6 Å². The second-order valence-electron chi connectivity index (χ2n) is 13.1. The molecular formula is C29H44O3. The van der Waals surface area contributed by atoms with Crippen molar-refractivity contribution < 1.29 is 15.0 Å². The number of carbonyl (C=O) groups is 1. The van der Waals surface area contributed by atoms with Gasteiger partial charge < -0.3 is 10.2 Å². The van der Waals surface area contributed by atoms with Gasteiger partial charge in [0, 0.05) is 5.92 Å². The van der Waals surface area contributed by atoms with Gasteiger partial charge in [-0.25, -0.2) is 0 Å². The van der Waals surface area contributed by atoms with Crippen molar-refractivity contribution in [3.8, 4) is 0 Å². The maximum atomic E-state index is 13.1. The molecular weight excluding hydrogens is 396 g/mol. The molecule has 0 radical (unpaired) electrons. The van der Waals surface area contributed by atoms with Crippen molar-refractivity contribution in [1.29, 1.82) is 0 Å². The number of carbonyl (C=O) groups excluding carboxylic acids is 1. The molecule has 4 saturated carbocycles. The summed E-state index contributed by atoms with van der Waals surface area (Å²) in [6.45, 7) is 14.1. The van der Waals surface area contributed by atoms with Crippen LogP contribution in [0, 0.1) is 64.1 Å². The number of ketones is 1. The van der Waals surface area contributed by atoms with Crippen molar-refractivity contribution >= 4 is 5.78 Å². The third kappa shape index (κ3) is 3.02. The lowest BCUT2D eigenvalue weighted by molar-refractivity contribution is -0.158. The molecule has 12 atom stereocenters. The van der Waals surface area contributed by atoms with Crippen molar-refractivity contribution in [3.05, 3.63) is 23.8 Å². The van der Waals surface area contributed by atoms with Gasteiger partial charge in [-0.3, -0.25) is 4.79 Å². The highest BCUT2D eigenvalue weighted by atomic mass is 16.3. The normalized spacial score (nSPS) is 51.5. The quantitative estimate of drug-likeness (QED) is 0.614. The fourth-order valence-corrected chi connectivity index (χ4v) is 9.56. The van der Waals surface area contributed by atoms with Crippen LogP contribution >= 0.6 is 0 Å². The number of aliphatic hydroxyl groups is 2. The lowest BCUT2D eigenvalue weighted by atomic mass is 9.45. The summed E-state index contributed by atoms with van der Waals surface area (Å²) >= 11 is 0. The maximum absolute atomic E-state index is 13.1. The molecule has 0 heterocycles. The Bertz CT molecular complexity index is 841. The molecule has 5 aliphatic rings. The number of rotatable bonds is 4. The third-order valence-electron chi connectivity index (χ3n) is 11.6. The van der Waals surface area contributed by atoms with Crippen molar-refractivity contribution in [2.45, 2.75) is 85.9 Å². The van der Waals surface area contributed by atoms with E-state index in [4.69, 9.17) is 0 Å². The Morgan fingerprint density at radius 1 is 1.03 bits per heavy atom. The van der Waals surface area contributed by atoms with Crippen molar-refractivity contribution in [2.75, 3.05) is 0 Å². The molecule has 0 saturated heterocycles. The first-order chi connectivity index (χ1) is 15.0. The molecule has 0 aromatic heterocycles. The minimum absolute atomic E-state index is 0.0674. The minimum atomic E-state index is -0.754. The van der Waals surface area contributed by atoms with E-state index in [0.29, 0.717) is 24.2 Å². The molecule has 0 amide bonds. The molecule has 3 nitrogen and oxygen atoms in total. The van der Waals surface area contributed by atoms with E-state index in [0.717, 1.165) is 35.7 Å². The molecule has 3 heteroatoms. The van der Waals surface area contributed by atoms with Gasteiger partial charge in [0.25, 0.3) is 0 Å². The van der Waals surface area contributed by atoms with Gasteiger partial charge in [-0.1, -0.05) is 46.8 Å². The number of allylic oxidation sites excluding steroid dienone is 3. The molecule has 5 rings (SSSR count). The molecule has 0 unspecified atom stereocenters. The lowest BCUT2D eigenvalue weighted by Gasteiger charge is -2.60. The summed E-state index contributed by atoms with van der Waals surface area (Å²) in [7, 11) is 0. The molecule has 0 aliphatic heterocycles. The second-order valence-corrected chi connectivity index (χ2v) is 13.1. The van der Waals surface area contributed by atoms with Gasteiger partial charge >= 0.3 is 0 Å². The largest absolute Gasteiger partial charge is 0.393 e. The zero-order chi connectivity index (χ0) is 23.2. The van der Waals surface area contributed by atoms with E-state index >= 15 is 0 Å². The highest BCUT2D eigenvalue weighted by molar-refractivity contribution is 5.99. The number of aliphatic hydroxyl groups excluding tert-OH is 2. The highest BCUT2D eigenvalue weighted by Crippen LogP contribution is 2.68. The summed E-state index contributed by atoms with van der Waals surface area (Å²) in [5.41, 5.74) is 0.190. The van der Waals surface area contributed by atoms with Crippen LogP contribution in [-0.4, -0.2) is 28.2 Å². The van der Waals surface area contributed by atoms with Crippen LogP contribution in [0.3, 0.4) is 0 Å². The Kier molecular flexibility index (Phi) is 5.38. The molecule has 32 heavy (non-hydrogen) atoms. The molecule has 178 valence electrons. The highest BCUT2D eigenvalue weighted by Gasteiger charge is 2.66. The summed E-state index contributed by atoms with van der Waals surface area (Å²) < 4.78 is 0. The van der Waals surface area contributed by atoms with E-state index in [2.05, 4.69) is 34.6 Å². The van der Waals surface area contributed by atoms with E-state index in [1.54, 1.807) is 12.2 Å². The predicted molar refractivity (Wildman–Crippen MR) is 128 cm³/mol. The zero-order valence-corrected chi connectivity index (χ0v) is 20.9. The maximum Gasteiger partial charge on any atom is 0.166 e.